The minimum Gasteiger partial charge on any atom is -0.493 e. The van der Waals surface area contributed by atoms with Crippen LogP contribution < -0.4 is 14.9 Å². The summed E-state index contributed by atoms with van der Waals surface area (Å²) in [5, 5.41) is 4.70. The van der Waals surface area contributed by atoms with Gasteiger partial charge >= 0.3 is 0 Å². The van der Waals surface area contributed by atoms with Gasteiger partial charge in [0.1, 0.15) is 0 Å². The molecule has 0 spiro atoms. The predicted molar refractivity (Wildman–Crippen MR) is 99.4 cm³/mol. The molecule has 4 heterocycles. The van der Waals surface area contributed by atoms with E-state index >= 15 is 0 Å². The molecule has 1 aromatic carbocycles. The molecule has 136 valence electrons. The van der Waals surface area contributed by atoms with Gasteiger partial charge < -0.3 is 14.9 Å². The average Bonchev–Trinajstić information content (AvgIpc) is 3.14. The molecule has 4 aliphatic rings. The third kappa shape index (κ3) is 3.10. The molecule has 2 atom stereocenters. The van der Waals surface area contributed by atoms with Crippen LogP contribution in [-0.2, 0) is 0 Å². The summed E-state index contributed by atoms with van der Waals surface area (Å²) in [6.45, 7) is 5.34. The summed E-state index contributed by atoms with van der Waals surface area (Å²) in [6, 6.07) is 6.97. The lowest BCUT2D eigenvalue weighted by atomic mass is 9.78. The number of nitrogens with one attached hydrogen (secondary N) is 1. The molecule has 1 N–H and O–H groups in total. The number of nitrogens with zero attached hydrogens (tertiary/aromatic N) is 2. The van der Waals surface area contributed by atoms with Crippen molar-refractivity contribution >= 4 is 5.71 Å². The molecule has 3 fully saturated rings. The van der Waals surface area contributed by atoms with Crippen LogP contribution in [0.1, 0.15) is 50.6 Å². The Bertz CT molecular complexity index is 638. The summed E-state index contributed by atoms with van der Waals surface area (Å²) in [5.74, 6) is 2.34. The van der Waals surface area contributed by atoms with Gasteiger partial charge in [0.2, 0.25) is 0 Å². The number of piperidine rings is 3. The van der Waals surface area contributed by atoms with E-state index in [0.29, 0.717) is 12.0 Å². The van der Waals surface area contributed by atoms with E-state index in [1.54, 1.807) is 7.11 Å². The lowest BCUT2D eigenvalue weighted by molar-refractivity contribution is 0.133. The van der Waals surface area contributed by atoms with E-state index in [4.69, 9.17) is 14.6 Å². The Morgan fingerprint density at radius 2 is 2.04 bits per heavy atom. The largest absolute Gasteiger partial charge is 0.493 e. The van der Waals surface area contributed by atoms with Crippen LogP contribution in [-0.4, -0.2) is 43.5 Å². The SMILES string of the molecule is CCCCCOc1ccc(C2NN=C3C4CCN(CC4)C32)cc1OC. The molecule has 2 bridgehead atoms. The molecular formula is C20H29N3O2. The van der Waals surface area contributed by atoms with Crippen LogP contribution in [0, 0.1) is 5.92 Å². The van der Waals surface area contributed by atoms with Gasteiger partial charge in [-0.2, -0.15) is 5.10 Å². The van der Waals surface area contributed by atoms with E-state index in [9.17, 15) is 0 Å². The average molecular weight is 343 g/mol. The van der Waals surface area contributed by atoms with Gasteiger partial charge in [-0.05, 0) is 50.0 Å². The lowest BCUT2D eigenvalue weighted by Gasteiger charge is -2.45. The van der Waals surface area contributed by atoms with Crippen molar-refractivity contribution < 1.29 is 9.47 Å². The molecule has 5 nitrogen and oxygen atoms in total. The molecule has 0 aromatic heterocycles. The summed E-state index contributed by atoms with van der Waals surface area (Å²) in [4.78, 5) is 2.59. The first-order valence-electron chi connectivity index (χ1n) is 9.69. The van der Waals surface area contributed by atoms with Crippen molar-refractivity contribution in [1.82, 2.24) is 10.3 Å². The number of methoxy groups -OCH3 is 1. The molecule has 5 rings (SSSR count). The second-order valence-corrected chi connectivity index (χ2v) is 7.36. The zero-order valence-electron chi connectivity index (χ0n) is 15.3. The number of rotatable bonds is 7. The number of unbranched alkanes of at least 4 members (excludes halogenated alkanes) is 2. The topological polar surface area (TPSA) is 46.1 Å². The van der Waals surface area contributed by atoms with Crippen LogP contribution in [0.5, 0.6) is 11.5 Å². The Morgan fingerprint density at radius 3 is 2.80 bits per heavy atom. The summed E-state index contributed by atoms with van der Waals surface area (Å²) in [5.41, 5.74) is 5.99. The Morgan fingerprint density at radius 1 is 1.20 bits per heavy atom. The molecule has 0 radical (unpaired) electrons. The van der Waals surface area contributed by atoms with Gasteiger partial charge in [0.15, 0.2) is 11.5 Å². The number of hydrogen-bond donors (Lipinski definition) is 1. The molecule has 5 heteroatoms. The molecule has 0 aliphatic carbocycles. The van der Waals surface area contributed by atoms with Crippen molar-refractivity contribution in [2.24, 2.45) is 11.0 Å². The summed E-state index contributed by atoms with van der Waals surface area (Å²) in [7, 11) is 1.72. The van der Waals surface area contributed by atoms with Crippen LogP contribution in [0.15, 0.2) is 23.3 Å². The number of hydrogen-bond acceptors (Lipinski definition) is 5. The Labute approximate surface area is 150 Å². The van der Waals surface area contributed by atoms with E-state index in [0.717, 1.165) is 24.5 Å². The summed E-state index contributed by atoms with van der Waals surface area (Å²) < 4.78 is 11.5. The van der Waals surface area contributed by atoms with E-state index < -0.39 is 0 Å². The van der Waals surface area contributed by atoms with Crippen molar-refractivity contribution in [3.63, 3.8) is 0 Å². The molecule has 0 amide bonds. The zero-order valence-corrected chi connectivity index (χ0v) is 15.3. The van der Waals surface area contributed by atoms with Crippen LogP contribution in [0.3, 0.4) is 0 Å². The van der Waals surface area contributed by atoms with Crippen LogP contribution >= 0.6 is 0 Å². The van der Waals surface area contributed by atoms with Crippen molar-refractivity contribution in [2.45, 2.75) is 51.1 Å². The molecular weight excluding hydrogens is 314 g/mol. The maximum atomic E-state index is 5.92. The minimum atomic E-state index is 0.223. The van der Waals surface area contributed by atoms with Crippen LogP contribution in [0.4, 0.5) is 0 Å². The van der Waals surface area contributed by atoms with E-state index in [2.05, 4.69) is 35.4 Å². The van der Waals surface area contributed by atoms with Crippen LogP contribution in [0.25, 0.3) is 0 Å². The van der Waals surface area contributed by atoms with Crippen molar-refractivity contribution in [3.8, 4) is 11.5 Å². The van der Waals surface area contributed by atoms with Gasteiger partial charge in [-0.15, -0.1) is 0 Å². The summed E-state index contributed by atoms with van der Waals surface area (Å²) in [6.07, 6.45) is 6.01. The fourth-order valence-corrected chi connectivity index (χ4v) is 4.44. The molecule has 2 unspecified atom stereocenters. The summed E-state index contributed by atoms with van der Waals surface area (Å²) >= 11 is 0. The second-order valence-electron chi connectivity index (χ2n) is 7.36. The highest BCUT2D eigenvalue weighted by molar-refractivity contribution is 5.95. The smallest absolute Gasteiger partial charge is 0.161 e. The van der Waals surface area contributed by atoms with E-state index in [-0.39, 0.29) is 6.04 Å². The van der Waals surface area contributed by atoms with Crippen molar-refractivity contribution in [1.29, 1.82) is 0 Å². The molecule has 25 heavy (non-hydrogen) atoms. The van der Waals surface area contributed by atoms with Gasteiger partial charge in [0.25, 0.3) is 0 Å². The molecule has 4 aliphatic heterocycles. The highest BCUT2D eigenvalue weighted by Gasteiger charge is 2.46. The molecule has 3 saturated heterocycles. The van der Waals surface area contributed by atoms with Gasteiger partial charge in [-0.25, -0.2) is 0 Å². The third-order valence-electron chi connectivity index (χ3n) is 5.84. The normalized spacial score (nSPS) is 29.8. The van der Waals surface area contributed by atoms with Gasteiger partial charge in [0.05, 0.1) is 31.5 Å². The highest BCUT2D eigenvalue weighted by atomic mass is 16.5. The van der Waals surface area contributed by atoms with E-state index in [1.165, 1.54) is 50.0 Å². The van der Waals surface area contributed by atoms with Crippen LogP contribution in [0.2, 0.25) is 0 Å². The molecule has 1 aromatic rings. The number of ether oxygens (including phenoxy) is 2. The first kappa shape index (κ1) is 16.7. The van der Waals surface area contributed by atoms with Gasteiger partial charge in [-0.1, -0.05) is 25.8 Å². The first-order chi connectivity index (χ1) is 12.3. The monoisotopic (exact) mass is 343 g/mol. The number of benzene rings is 1. The van der Waals surface area contributed by atoms with Crippen molar-refractivity contribution in [3.05, 3.63) is 23.8 Å². The quantitative estimate of drug-likeness (QED) is 0.771. The maximum absolute atomic E-state index is 5.92. The fourth-order valence-electron chi connectivity index (χ4n) is 4.44. The first-order valence-corrected chi connectivity index (χ1v) is 9.69. The van der Waals surface area contributed by atoms with Gasteiger partial charge in [-0.3, -0.25) is 4.90 Å². The van der Waals surface area contributed by atoms with Crippen molar-refractivity contribution in [2.75, 3.05) is 26.8 Å². The lowest BCUT2D eigenvalue weighted by Crippen LogP contribution is -2.56. The van der Waals surface area contributed by atoms with Gasteiger partial charge in [0, 0.05) is 5.92 Å². The Kier molecular flexibility index (Phi) is 4.84. The zero-order chi connectivity index (χ0) is 17.2. The number of hydrazone groups is 1. The third-order valence-corrected chi connectivity index (χ3v) is 5.84. The standard InChI is InChI=1S/C20H29N3O2/c1-3-4-5-12-25-16-7-6-15(13-17(16)24-2)19-20-18(21-22-19)14-8-10-23(20)11-9-14/h6-7,13-14,19-20,22H,3-5,8-12H2,1-2H3. The second kappa shape index (κ2) is 7.24. The Balaban J connectivity index is 1.50. The fraction of sp³-hybridized carbons (Fsp3) is 0.650. The Hall–Kier alpha value is -1.75. The maximum Gasteiger partial charge on any atom is 0.161 e. The minimum absolute atomic E-state index is 0.223. The highest BCUT2D eigenvalue weighted by Crippen LogP contribution is 2.40. The number of fused-ring (bicyclic) bond motifs is 2. The predicted octanol–water partition coefficient (Wildman–Crippen LogP) is 3.36. The molecule has 0 saturated carbocycles. The van der Waals surface area contributed by atoms with E-state index in [1.807, 2.05) is 0 Å².